The molecule has 9 heteroatoms. The Morgan fingerprint density at radius 3 is 2.66 bits per heavy atom. The maximum Gasteiger partial charge on any atom is 0.252 e. The molecule has 38 heavy (non-hydrogen) atoms. The first kappa shape index (κ1) is 26.0. The molecule has 1 aliphatic carbocycles. The second-order valence-corrected chi connectivity index (χ2v) is 10.2. The summed E-state index contributed by atoms with van der Waals surface area (Å²) in [6.45, 7) is 3.12. The van der Waals surface area contributed by atoms with Gasteiger partial charge in [-0.2, -0.15) is 0 Å². The Kier molecular flexibility index (Phi) is 8.12. The zero-order valence-electron chi connectivity index (χ0n) is 22.1. The molecule has 1 saturated carbocycles. The topological polar surface area (TPSA) is 88.9 Å². The van der Waals surface area contributed by atoms with Crippen molar-refractivity contribution in [1.82, 2.24) is 30.1 Å². The molecule has 0 spiro atoms. The number of nitrogens with zero attached hydrogens (tertiary/aromatic N) is 5. The lowest BCUT2D eigenvalue weighted by atomic mass is 9.91. The SMILES string of the molecule is CCC[C@@H](c1nnnn1Cc1ccc(F)cc1)N(Cc1cc2cc(OC)ccc2[nH]c1=O)C1CCCCC1. The summed E-state index contributed by atoms with van der Waals surface area (Å²) < 4.78 is 20.7. The summed E-state index contributed by atoms with van der Waals surface area (Å²) in [5.74, 6) is 1.26. The van der Waals surface area contributed by atoms with Crippen molar-refractivity contribution in [3.63, 3.8) is 0 Å². The second-order valence-electron chi connectivity index (χ2n) is 10.2. The van der Waals surface area contributed by atoms with Crippen LogP contribution in [0.4, 0.5) is 4.39 Å². The Hall–Kier alpha value is -3.59. The van der Waals surface area contributed by atoms with Crippen LogP contribution < -0.4 is 10.3 Å². The molecule has 0 amide bonds. The summed E-state index contributed by atoms with van der Waals surface area (Å²) in [6, 6.07) is 14.4. The van der Waals surface area contributed by atoms with Gasteiger partial charge in [-0.05, 0) is 71.7 Å². The number of pyridine rings is 1. The van der Waals surface area contributed by atoms with Gasteiger partial charge in [0, 0.05) is 29.1 Å². The van der Waals surface area contributed by atoms with E-state index in [9.17, 15) is 9.18 Å². The van der Waals surface area contributed by atoms with Crippen molar-refractivity contribution in [1.29, 1.82) is 0 Å². The van der Waals surface area contributed by atoms with Crippen LogP contribution in [0.25, 0.3) is 10.9 Å². The summed E-state index contributed by atoms with van der Waals surface area (Å²) in [5, 5.41) is 13.8. The Balaban J connectivity index is 1.52. The van der Waals surface area contributed by atoms with E-state index in [1.807, 2.05) is 28.9 Å². The number of benzene rings is 2. The Morgan fingerprint density at radius 2 is 1.92 bits per heavy atom. The van der Waals surface area contributed by atoms with Gasteiger partial charge in [0.1, 0.15) is 11.6 Å². The number of fused-ring (bicyclic) bond motifs is 1. The lowest BCUT2D eigenvalue weighted by Crippen LogP contribution is -2.41. The maximum absolute atomic E-state index is 13.5. The quantitative estimate of drug-likeness (QED) is 0.303. The van der Waals surface area contributed by atoms with E-state index in [4.69, 9.17) is 4.74 Å². The van der Waals surface area contributed by atoms with E-state index >= 15 is 0 Å². The molecule has 8 nitrogen and oxygen atoms in total. The number of hydrogen-bond donors (Lipinski definition) is 1. The zero-order chi connectivity index (χ0) is 26.5. The van der Waals surface area contributed by atoms with E-state index < -0.39 is 0 Å². The minimum Gasteiger partial charge on any atom is -0.497 e. The Bertz CT molecular complexity index is 1410. The number of H-pyrrole nitrogens is 1. The van der Waals surface area contributed by atoms with Crippen molar-refractivity contribution >= 4 is 10.9 Å². The van der Waals surface area contributed by atoms with Gasteiger partial charge in [-0.15, -0.1) is 5.10 Å². The highest BCUT2D eigenvalue weighted by atomic mass is 19.1. The average molecular weight is 519 g/mol. The van der Waals surface area contributed by atoms with Crippen molar-refractivity contribution < 1.29 is 9.13 Å². The van der Waals surface area contributed by atoms with E-state index in [2.05, 4.69) is 32.3 Å². The average Bonchev–Trinajstić information content (AvgIpc) is 3.40. The molecule has 1 atom stereocenters. The molecular weight excluding hydrogens is 483 g/mol. The van der Waals surface area contributed by atoms with Gasteiger partial charge >= 0.3 is 0 Å². The number of nitrogens with one attached hydrogen (secondary N) is 1. The number of tetrazole rings is 1. The lowest BCUT2D eigenvalue weighted by Gasteiger charge is -2.39. The highest BCUT2D eigenvalue weighted by molar-refractivity contribution is 5.80. The molecule has 1 aliphatic rings. The highest BCUT2D eigenvalue weighted by Gasteiger charge is 2.32. The van der Waals surface area contributed by atoms with E-state index in [-0.39, 0.29) is 17.4 Å². The van der Waals surface area contributed by atoms with Crippen LogP contribution in [-0.4, -0.2) is 43.2 Å². The molecule has 2 aromatic carbocycles. The normalized spacial score (nSPS) is 15.3. The van der Waals surface area contributed by atoms with E-state index in [0.717, 1.165) is 59.3 Å². The minimum absolute atomic E-state index is 0.0565. The first-order chi connectivity index (χ1) is 18.6. The summed E-state index contributed by atoms with van der Waals surface area (Å²) in [6.07, 6.45) is 7.55. The van der Waals surface area contributed by atoms with Gasteiger partial charge < -0.3 is 9.72 Å². The van der Waals surface area contributed by atoms with Gasteiger partial charge in [0.15, 0.2) is 5.82 Å². The van der Waals surface area contributed by atoms with E-state index in [1.54, 1.807) is 19.2 Å². The fourth-order valence-electron chi connectivity index (χ4n) is 5.62. The number of rotatable bonds is 10. The van der Waals surface area contributed by atoms with Crippen molar-refractivity contribution in [2.45, 2.75) is 77.0 Å². The standard InChI is InChI=1S/C29H35FN6O2/c1-3-7-27(28-32-33-34-36(28)18-20-10-12-23(30)13-11-20)35(24-8-5-4-6-9-24)19-22-16-21-17-25(38-2)14-15-26(21)31-29(22)37/h10-17,24,27H,3-9,18-19H2,1-2H3,(H,31,37)/t27-/m0/s1. The fourth-order valence-corrected chi connectivity index (χ4v) is 5.62. The van der Waals surface area contributed by atoms with Crippen LogP contribution >= 0.6 is 0 Å². The predicted molar refractivity (Wildman–Crippen MR) is 145 cm³/mol. The van der Waals surface area contributed by atoms with Gasteiger partial charge in [-0.1, -0.05) is 44.7 Å². The van der Waals surface area contributed by atoms with E-state index in [0.29, 0.717) is 19.1 Å². The van der Waals surface area contributed by atoms with Crippen molar-refractivity contribution in [2.75, 3.05) is 7.11 Å². The number of aromatic nitrogens is 5. The molecule has 1 N–H and O–H groups in total. The third-order valence-corrected chi connectivity index (χ3v) is 7.59. The summed E-state index contributed by atoms with van der Waals surface area (Å²) >= 11 is 0. The molecule has 200 valence electrons. The minimum atomic E-state index is -0.267. The van der Waals surface area contributed by atoms with Gasteiger partial charge in [0.2, 0.25) is 0 Å². The molecule has 5 rings (SSSR count). The third kappa shape index (κ3) is 5.78. The molecule has 0 saturated heterocycles. The summed E-state index contributed by atoms with van der Waals surface area (Å²) in [7, 11) is 1.64. The van der Waals surface area contributed by atoms with Crippen LogP contribution in [0.3, 0.4) is 0 Å². The zero-order valence-corrected chi connectivity index (χ0v) is 22.1. The van der Waals surface area contributed by atoms with E-state index in [1.165, 1.54) is 31.4 Å². The first-order valence-corrected chi connectivity index (χ1v) is 13.5. The highest BCUT2D eigenvalue weighted by Crippen LogP contribution is 2.34. The predicted octanol–water partition coefficient (Wildman–Crippen LogP) is 5.39. The van der Waals surface area contributed by atoms with Gasteiger partial charge in [0.25, 0.3) is 5.56 Å². The number of aromatic amines is 1. The molecule has 0 radical (unpaired) electrons. The molecule has 0 bridgehead atoms. The molecule has 0 unspecified atom stereocenters. The lowest BCUT2D eigenvalue weighted by molar-refractivity contribution is 0.0812. The molecule has 2 heterocycles. The molecular formula is C29H35FN6O2. The third-order valence-electron chi connectivity index (χ3n) is 7.59. The van der Waals surface area contributed by atoms with Crippen molar-refractivity contribution in [3.8, 4) is 5.75 Å². The monoisotopic (exact) mass is 518 g/mol. The first-order valence-electron chi connectivity index (χ1n) is 13.5. The maximum atomic E-state index is 13.5. The van der Waals surface area contributed by atoms with Gasteiger partial charge in [-0.3, -0.25) is 9.69 Å². The van der Waals surface area contributed by atoms with Crippen LogP contribution in [-0.2, 0) is 13.1 Å². The number of ether oxygens (including phenoxy) is 1. The number of hydrogen-bond acceptors (Lipinski definition) is 6. The largest absolute Gasteiger partial charge is 0.497 e. The van der Waals surface area contributed by atoms with Crippen LogP contribution in [0.2, 0.25) is 0 Å². The fraction of sp³-hybridized carbons (Fsp3) is 0.448. The van der Waals surface area contributed by atoms with Crippen LogP contribution in [0.15, 0.2) is 53.3 Å². The van der Waals surface area contributed by atoms with Gasteiger partial charge in [-0.25, -0.2) is 9.07 Å². The molecule has 4 aromatic rings. The number of methoxy groups -OCH3 is 1. The molecule has 0 aliphatic heterocycles. The Morgan fingerprint density at radius 1 is 1.13 bits per heavy atom. The molecule has 1 fully saturated rings. The van der Waals surface area contributed by atoms with Crippen LogP contribution in [0.1, 0.15) is 74.9 Å². The smallest absolute Gasteiger partial charge is 0.252 e. The van der Waals surface area contributed by atoms with Crippen LogP contribution in [0.5, 0.6) is 5.75 Å². The number of halogens is 1. The van der Waals surface area contributed by atoms with Crippen LogP contribution in [0, 0.1) is 5.82 Å². The second kappa shape index (κ2) is 11.9. The summed E-state index contributed by atoms with van der Waals surface area (Å²) in [5.41, 5.74) is 2.36. The molecule has 2 aromatic heterocycles. The Labute approximate surface area is 221 Å². The van der Waals surface area contributed by atoms with Crippen molar-refractivity contribution in [3.05, 3.63) is 81.7 Å². The summed E-state index contributed by atoms with van der Waals surface area (Å²) in [4.78, 5) is 18.7. The van der Waals surface area contributed by atoms with Gasteiger partial charge in [0.05, 0.1) is 19.7 Å². The van der Waals surface area contributed by atoms with Crippen molar-refractivity contribution in [2.24, 2.45) is 0 Å².